The molecule has 0 saturated carbocycles. The van der Waals surface area contributed by atoms with E-state index >= 15 is 0 Å². The third-order valence-electron chi connectivity index (χ3n) is 13.4. The molecule has 0 amide bonds. The van der Waals surface area contributed by atoms with E-state index < -0.39 is 0 Å². The summed E-state index contributed by atoms with van der Waals surface area (Å²) in [7, 11) is 0. The fraction of sp³-hybridized carbons (Fsp3) is 0.160. The molecule has 0 unspecified atom stereocenters. The number of rotatable bonds is 0. The van der Waals surface area contributed by atoms with Crippen LogP contribution in [0.25, 0.3) is 43.9 Å². The quantitative estimate of drug-likeness (QED) is 0.143. The minimum Gasteiger partial charge on any atom is -0.458 e. The number of anilines is 3. The fourth-order valence-corrected chi connectivity index (χ4v) is 11.9. The number of hydrogen-bond acceptors (Lipinski definition) is 6. The molecule has 276 valence electrons. The van der Waals surface area contributed by atoms with Crippen molar-refractivity contribution in [3.8, 4) is 23.0 Å². The van der Waals surface area contributed by atoms with Gasteiger partial charge in [0.15, 0.2) is 0 Å². The van der Waals surface area contributed by atoms with E-state index in [0.29, 0.717) is 0 Å². The van der Waals surface area contributed by atoms with Crippen molar-refractivity contribution in [1.82, 2.24) is 0 Å². The van der Waals surface area contributed by atoms with E-state index in [0.717, 1.165) is 66.9 Å². The highest BCUT2D eigenvalue weighted by Crippen LogP contribution is 2.56. The van der Waals surface area contributed by atoms with Crippen LogP contribution in [0.1, 0.15) is 52.7 Å². The number of benzene rings is 7. The van der Waals surface area contributed by atoms with Gasteiger partial charge in [0.1, 0.15) is 45.3 Å². The van der Waals surface area contributed by atoms with E-state index in [9.17, 15) is 0 Å². The van der Waals surface area contributed by atoms with Gasteiger partial charge in [0.05, 0.1) is 11.4 Å². The Morgan fingerprint density at radius 3 is 1.38 bits per heavy atom. The topological polar surface area (TPSA) is 48.0 Å². The summed E-state index contributed by atoms with van der Waals surface area (Å²) in [4.78, 5) is 5.19. The summed E-state index contributed by atoms with van der Waals surface area (Å²) in [5.74, 6) is 3.31. The van der Waals surface area contributed by atoms with Gasteiger partial charge in [-0.05, 0) is 79.0 Å². The molecule has 0 saturated heterocycles. The molecule has 0 fully saturated rings. The van der Waals surface area contributed by atoms with E-state index in [4.69, 9.17) is 18.3 Å². The number of furan rings is 2. The molecular formula is C50H35B2NO4S. The fourth-order valence-electron chi connectivity index (χ4n) is 10.6. The second kappa shape index (κ2) is 10.2. The summed E-state index contributed by atoms with van der Waals surface area (Å²) in [6, 6.07) is 37.7. The zero-order valence-corrected chi connectivity index (χ0v) is 33.8. The summed E-state index contributed by atoms with van der Waals surface area (Å²) >= 11 is 1.94. The molecule has 5 aliphatic heterocycles. The molecule has 9 aromatic rings. The standard InChI is InChI=1S/C50H35B2NO4S/c1-49(2,3)24-15-32-46-42(17-24)58-43-18-25(50(4,5)6)16-33-47(43)53(46)48-44-40(56-38-21-36-28(19-30(38)51(32)44)26-11-7-9-13-34(26)54-36)23-41-45(48)52(33)31-20-29-27-12-8-10-14-35(27)55-37(29)22-39(31)57-41/h7-23H,1-6H3. The molecule has 0 aliphatic carbocycles. The number of nitrogens with zero attached hydrogens (tertiary/aromatic N) is 1. The SMILES string of the molecule is CC(C)(C)c1cc2c3c(c1)B1c4cc5c(cc4Oc4cc6c7c(c41)N3c1c(cc(C(C)(C)C)cc1B7c1cc3c(cc1O6)oc1ccccc13)S2)oc1ccccc15. The minimum absolute atomic E-state index is 0.0599. The van der Waals surface area contributed by atoms with Crippen molar-refractivity contribution >= 4 is 119 Å². The maximum Gasteiger partial charge on any atom is 0.256 e. The maximum absolute atomic E-state index is 7.12. The zero-order chi connectivity index (χ0) is 38.7. The summed E-state index contributed by atoms with van der Waals surface area (Å²) in [5.41, 5.74) is 17.1. The summed E-state index contributed by atoms with van der Waals surface area (Å²) in [6.07, 6.45) is 0. The smallest absolute Gasteiger partial charge is 0.256 e. The Balaban J connectivity index is 1.13. The van der Waals surface area contributed by atoms with Crippen LogP contribution in [-0.4, -0.2) is 13.4 Å². The summed E-state index contributed by atoms with van der Waals surface area (Å²) in [5, 5.41) is 4.46. The third-order valence-corrected chi connectivity index (χ3v) is 14.5. The van der Waals surface area contributed by atoms with Gasteiger partial charge < -0.3 is 23.2 Å². The van der Waals surface area contributed by atoms with E-state index in [-0.39, 0.29) is 24.3 Å². The molecule has 58 heavy (non-hydrogen) atoms. The molecule has 0 spiro atoms. The Hall–Kier alpha value is -5.98. The van der Waals surface area contributed by atoms with Gasteiger partial charge >= 0.3 is 0 Å². The van der Waals surface area contributed by atoms with Gasteiger partial charge in [-0.3, -0.25) is 0 Å². The molecule has 0 atom stereocenters. The van der Waals surface area contributed by atoms with E-state index in [2.05, 4.69) is 137 Å². The summed E-state index contributed by atoms with van der Waals surface area (Å²) < 4.78 is 27.1. The van der Waals surface area contributed by atoms with Crippen molar-refractivity contribution in [2.24, 2.45) is 0 Å². The second-order valence-corrected chi connectivity index (χ2v) is 19.9. The summed E-state index contributed by atoms with van der Waals surface area (Å²) in [6.45, 7) is 13.9. The first kappa shape index (κ1) is 32.0. The van der Waals surface area contributed by atoms with Crippen molar-refractivity contribution in [3.63, 3.8) is 0 Å². The molecular weight excluding hydrogens is 732 g/mol. The Labute approximate surface area is 340 Å². The van der Waals surface area contributed by atoms with E-state index in [1.54, 1.807) is 0 Å². The van der Waals surface area contributed by atoms with Gasteiger partial charge in [-0.15, -0.1) is 0 Å². The monoisotopic (exact) mass is 767 g/mol. The lowest BCUT2D eigenvalue weighted by molar-refractivity contribution is 0.465. The number of hydrogen-bond donors (Lipinski definition) is 0. The highest BCUT2D eigenvalue weighted by Gasteiger charge is 2.53. The molecule has 0 N–H and O–H groups in total. The third kappa shape index (κ3) is 3.88. The molecule has 5 nitrogen and oxygen atoms in total. The predicted molar refractivity (Wildman–Crippen MR) is 240 cm³/mol. The van der Waals surface area contributed by atoms with Gasteiger partial charge in [-0.25, -0.2) is 0 Å². The van der Waals surface area contributed by atoms with Crippen molar-refractivity contribution in [3.05, 3.63) is 114 Å². The van der Waals surface area contributed by atoms with Gasteiger partial charge in [0, 0.05) is 55.2 Å². The Morgan fingerprint density at radius 1 is 0.448 bits per heavy atom. The average Bonchev–Trinajstić information content (AvgIpc) is 3.75. The molecule has 14 rings (SSSR count). The Morgan fingerprint density at radius 2 is 0.914 bits per heavy atom. The normalized spacial score (nSPS) is 15.2. The van der Waals surface area contributed by atoms with Crippen LogP contribution in [0, 0.1) is 0 Å². The van der Waals surface area contributed by atoms with E-state index in [1.807, 2.05) is 23.9 Å². The Kier molecular flexibility index (Phi) is 5.62. The van der Waals surface area contributed by atoms with Crippen LogP contribution in [0.2, 0.25) is 0 Å². The molecule has 7 aromatic carbocycles. The lowest BCUT2D eigenvalue weighted by Gasteiger charge is -2.50. The largest absolute Gasteiger partial charge is 0.458 e. The first-order valence-corrected chi connectivity index (χ1v) is 21.1. The van der Waals surface area contributed by atoms with Gasteiger partial charge in [-0.1, -0.05) is 114 Å². The number of para-hydroxylation sites is 2. The lowest BCUT2D eigenvalue weighted by Crippen LogP contribution is -2.67. The zero-order valence-electron chi connectivity index (χ0n) is 33.0. The average molecular weight is 768 g/mol. The molecule has 2 aromatic heterocycles. The molecule has 7 heterocycles. The van der Waals surface area contributed by atoms with Crippen molar-refractivity contribution in [2.75, 3.05) is 4.90 Å². The second-order valence-electron chi connectivity index (χ2n) is 18.8. The van der Waals surface area contributed by atoms with Crippen molar-refractivity contribution in [1.29, 1.82) is 0 Å². The van der Waals surface area contributed by atoms with E-state index in [1.165, 1.54) is 70.8 Å². The minimum atomic E-state index is -0.0655. The molecule has 0 radical (unpaired) electrons. The van der Waals surface area contributed by atoms with Gasteiger partial charge in [0.25, 0.3) is 13.4 Å². The van der Waals surface area contributed by atoms with Crippen LogP contribution < -0.4 is 47.2 Å². The van der Waals surface area contributed by atoms with Crippen molar-refractivity contribution in [2.45, 2.75) is 62.2 Å². The van der Waals surface area contributed by atoms with Crippen molar-refractivity contribution < 1.29 is 18.3 Å². The van der Waals surface area contributed by atoms with Gasteiger partial charge in [-0.2, -0.15) is 0 Å². The van der Waals surface area contributed by atoms with Crippen LogP contribution in [0.5, 0.6) is 23.0 Å². The van der Waals surface area contributed by atoms with Crippen LogP contribution in [0.15, 0.2) is 122 Å². The van der Waals surface area contributed by atoms with Crippen LogP contribution in [-0.2, 0) is 10.8 Å². The first-order valence-electron chi connectivity index (χ1n) is 20.3. The van der Waals surface area contributed by atoms with Crippen LogP contribution in [0.4, 0.5) is 17.1 Å². The first-order chi connectivity index (χ1) is 28.0. The predicted octanol–water partition coefficient (Wildman–Crippen LogP) is 9.89. The van der Waals surface area contributed by atoms with Crippen LogP contribution >= 0.6 is 11.8 Å². The maximum atomic E-state index is 7.12. The highest BCUT2D eigenvalue weighted by molar-refractivity contribution is 7.99. The van der Waals surface area contributed by atoms with Crippen LogP contribution in [0.3, 0.4) is 0 Å². The molecule has 8 heteroatoms. The lowest BCUT2D eigenvalue weighted by atomic mass is 9.29. The highest BCUT2D eigenvalue weighted by atomic mass is 32.2. The number of fused-ring (bicyclic) bond motifs is 12. The van der Waals surface area contributed by atoms with Gasteiger partial charge in [0.2, 0.25) is 0 Å². The number of ether oxygens (including phenoxy) is 2. The molecule has 0 bridgehead atoms. The Bertz CT molecular complexity index is 3220. The molecule has 5 aliphatic rings.